The minimum atomic E-state index is 0.210. The third-order valence-electron chi connectivity index (χ3n) is 4.67. The van der Waals surface area contributed by atoms with Gasteiger partial charge in [0.25, 0.3) is 0 Å². The fraction of sp³-hybridized carbons (Fsp3) is 0.647. The van der Waals surface area contributed by atoms with Crippen molar-refractivity contribution in [1.29, 1.82) is 0 Å². The van der Waals surface area contributed by atoms with Crippen molar-refractivity contribution in [3.8, 4) is 0 Å². The Morgan fingerprint density at radius 3 is 2.52 bits per heavy atom. The summed E-state index contributed by atoms with van der Waals surface area (Å²) >= 11 is 0. The zero-order valence-corrected chi connectivity index (χ0v) is 14.4. The normalized spacial score (nSPS) is 17.7. The molecule has 0 saturated carbocycles. The maximum atomic E-state index is 9.45. The molecular formula is C17H31N4O2+. The minimum absolute atomic E-state index is 0.210. The molecule has 5 N–H and O–H groups in total. The number of benzene rings is 1. The number of rotatable bonds is 7. The quantitative estimate of drug-likeness (QED) is 0.513. The van der Waals surface area contributed by atoms with Crippen LogP contribution in [-0.2, 0) is 4.74 Å². The van der Waals surface area contributed by atoms with Crippen molar-refractivity contribution in [2.75, 3.05) is 68.8 Å². The van der Waals surface area contributed by atoms with Gasteiger partial charge < -0.3 is 30.7 Å². The van der Waals surface area contributed by atoms with Gasteiger partial charge in [-0.1, -0.05) is 0 Å². The van der Waals surface area contributed by atoms with Crippen LogP contribution in [0.3, 0.4) is 0 Å². The van der Waals surface area contributed by atoms with Crippen molar-refractivity contribution < 1.29 is 14.3 Å². The van der Waals surface area contributed by atoms with Gasteiger partial charge in [0.15, 0.2) is 0 Å². The Kier molecular flexibility index (Phi) is 6.10. The minimum Gasteiger partial charge on any atom is -0.399 e. The van der Waals surface area contributed by atoms with Crippen LogP contribution in [0.5, 0.6) is 0 Å². The molecule has 1 aromatic rings. The van der Waals surface area contributed by atoms with Gasteiger partial charge in [0, 0.05) is 5.69 Å². The van der Waals surface area contributed by atoms with Gasteiger partial charge in [0.1, 0.15) is 13.1 Å². The molecule has 0 aliphatic carbocycles. The second-order valence-corrected chi connectivity index (χ2v) is 6.68. The number of aliphatic hydroxyl groups is 1. The molecule has 0 atom stereocenters. The molecule has 1 aromatic carbocycles. The summed E-state index contributed by atoms with van der Waals surface area (Å²) in [6.07, 6.45) is 0.248. The average Bonchev–Trinajstić information content (AvgIpc) is 2.51. The molecule has 0 unspecified atom stereocenters. The van der Waals surface area contributed by atoms with E-state index >= 15 is 0 Å². The molecule has 0 bridgehead atoms. The molecule has 2 rings (SSSR count). The van der Waals surface area contributed by atoms with Gasteiger partial charge in [-0.15, -0.1) is 0 Å². The molecule has 1 aliphatic rings. The summed E-state index contributed by atoms with van der Waals surface area (Å²) in [6.45, 7) is 10.6. The van der Waals surface area contributed by atoms with Gasteiger partial charge in [-0.25, -0.2) is 0 Å². The number of anilines is 3. The van der Waals surface area contributed by atoms with E-state index in [1.807, 2.05) is 18.2 Å². The maximum Gasteiger partial charge on any atom is 0.103 e. The molecule has 6 nitrogen and oxygen atoms in total. The van der Waals surface area contributed by atoms with E-state index in [4.69, 9.17) is 16.2 Å². The zero-order valence-electron chi connectivity index (χ0n) is 14.4. The second kappa shape index (κ2) is 7.86. The summed E-state index contributed by atoms with van der Waals surface area (Å²) in [5, 5.41) is 9.45. The monoisotopic (exact) mass is 323 g/mol. The van der Waals surface area contributed by atoms with E-state index in [2.05, 4.69) is 18.7 Å². The molecular weight excluding hydrogens is 292 g/mol. The standard InChI is InChI=1S/C17H31N4O2/c1-14(2)23-12-10-21(9-11-22)7-5-20(6-8-21)17-13-15(18)3-4-16(17)19/h3-4,13-14,22H,5-12,18-19H2,1-2H3/q+1. The Hall–Kier alpha value is -1.50. The highest BCUT2D eigenvalue weighted by Gasteiger charge is 2.33. The number of hydrogen-bond acceptors (Lipinski definition) is 5. The lowest BCUT2D eigenvalue weighted by Gasteiger charge is -2.45. The number of hydrogen-bond donors (Lipinski definition) is 3. The molecule has 0 amide bonds. The van der Waals surface area contributed by atoms with E-state index in [-0.39, 0.29) is 12.7 Å². The summed E-state index contributed by atoms with van der Waals surface area (Å²) in [5.74, 6) is 0. The van der Waals surface area contributed by atoms with Gasteiger partial charge in [-0.2, -0.15) is 0 Å². The lowest BCUT2D eigenvalue weighted by Crippen LogP contribution is -2.62. The average molecular weight is 323 g/mol. The van der Waals surface area contributed by atoms with Crippen molar-refractivity contribution in [3.63, 3.8) is 0 Å². The highest BCUT2D eigenvalue weighted by atomic mass is 16.5. The van der Waals surface area contributed by atoms with Gasteiger partial charge in [0.05, 0.1) is 56.9 Å². The number of nitrogens with zero attached hydrogens (tertiary/aromatic N) is 2. The fourth-order valence-corrected chi connectivity index (χ4v) is 3.22. The number of quaternary nitrogens is 1. The van der Waals surface area contributed by atoms with Gasteiger partial charge in [-0.3, -0.25) is 0 Å². The maximum absolute atomic E-state index is 9.45. The highest BCUT2D eigenvalue weighted by Crippen LogP contribution is 2.28. The van der Waals surface area contributed by atoms with Crippen molar-refractivity contribution in [2.24, 2.45) is 0 Å². The van der Waals surface area contributed by atoms with E-state index in [0.29, 0.717) is 0 Å². The van der Waals surface area contributed by atoms with Crippen LogP contribution < -0.4 is 16.4 Å². The highest BCUT2D eigenvalue weighted by molar-refractivity contribution is 5.72. The van der Waals surface area contributed by atoms with Crippen LogP contribution in [0, 0.1) is 0 Å². The third-order valence-corrected chi connectivity index (χ3v) is 4.67. The van der Waals surface area contributed by atoms with Crippen molar-refractivity contribution in [3.05, 3.63) is 18.2 Å². The first kappa shape index (κ1) is 17.8. The van der Waals surface area contributed by atoms with Crippen LogP contribution in [0.1, 0.15) is 13.8 Å². The van der Waals surface area contributed by atoms with Crippen molar-refractivity contribution in [1.82, 2.24) is 0 Å². The predicted molar refractivity (Wildman–Crippen MR) is 95.4 cm³/mol. The number of ether oxygens (including phenoxy) is 1. The molecule has 23 heavy (non-hydrogen) atoms. The van der Waals surface area contributed by atoms with Crippen LogP contribution in [0.2, 0.25) is 0 Å². The van der Waals surface area contributed by atoms with Crippen LogP contribution in [0.25, 0.3) is 0 Å². The predicted octanol–water partition coefficient (Wildman–Crippen LogP) is 0.905. The molecule has 1 saturated heterocycles. The second-order valence-electron chi connectivity index (χ2n) is 6.68. The van der Waals surface area contributed by atoms with Gasteiger partial charge in [-0.05, 0) is 32.0 Å². The summed E-state index contributed by atoms with van der Waals surface area (Å²) in [6, 6.07) is 5.65. The zero-order chi connectivity index (χ0) is 16.9. The number of piperazine rings is 1. The summed E-state index contributed by atoms with van der Waals surface area (Å²) in [4.78, 5) is 2.29. The van der Waals surface area contributed by atoms with Crippen molar-refractivity contribution in [2.45, 2.75) is 20.0 Å². The van der Waals surface area contributed by atoms with E-state index in [1.54, 1.807) is 0 Å². The van der Waals surface area contributed by atoms with Gasteiger partial charge >= 0.3 is 0 Å². The third kappa shape index (κ3) is 4.73. The Morgan fingerprint density at radius 1 is 1.22 bits per heavy atom. The smallest absolute Gasteiger partial charge is 0.103 e. The number of aliphatic hydroxyl groups excluding tert-OH is 1. The van der Waals surface area contributed by atoms with Crippen LogP contribution >= 0.6 is 0 Å². The van der Waals surface area contributed by atoms with Crippen LogP contribution in [-0.4, -0.2) is 68.2 Å². The molecule has 0 spiro atoms. The Bertz CT molecular complexity index is 499. The Labute approximate surface area is 139 Å². The lowest BCUT2D eigenvalue weighted by atomic mass is 10.1. The Morgan fingerprint density at radius 2 is 1.91 bits per heavy atom. The van der Waals surface area contributed by atoms with Crippen molar-refractivity contribution >= 4 is 17.1 Å². The SMILES string of the molecule is CC(C)OCC[N+]1(CCO)CCN(c2cc(N)ccc2N)CC1. The molecule has 6 heteroatoms. The Balaban J connectivity index is 1.99. The van der Waals surface area contributed by atoms with E-state index < -0.39 is 0 Å². The fourth-order valence-electron chi connectivity index (χ4n) is 3.22. The summed E-state index contributed by atoms with van der Waals surface area (Å²) in [5.41, 5.74) is 14.5. The molecule has 1 heterocycles. The molecule has 1 aliphatic heterocycles. The molecule has 1 fully saturated rings. The molecule has 0 radical (unpaired) electrons. The van der Waals surface area contributed by atoms with Crippen LogP contribution in [0.4, 0.5) is 17.1 Å². The first-order chi connectivity index (χ1) is 11.0. The lowest BCUT2D eigenvalue weighted by molar-refractivity contribution is -0.929. The van der Waals surface area contributed by atoms with Gasteiger partial charge in [0.2, 0.25) is 0 Å². The summed E-state index contributed by atoms with van der Waals surface area (Å²) < 4.78 is 6.62. The molecule has 0 aromatic heterocycles. The molecule has 130 valence electrons. The first-order valence-electron chi connectivity index (χ1n) is 8.43. The van der Waals surface area contributed by atoms with E-state index in [1.165, 1.54) is 0 Å². The number of nitrogens with two attached hydrogens (primary N) is 2. The van der Waals surface area contributed by atoms with E-state index in [0.717, 1.165) is 67.4 Å². The first-order valence-corrected chi connectivity index (χ1v) is 8.43. The van der Waals surface area contributed by atoms with Crippen LogP contribution in [0.15, 0.2) is 18.2 Å². The summed E-state index contributed by atoms with van der Waals surface area (Å²) in [7, 11) is 0. The van der Waals surface area contributed by atoms with E-state index in [9.17, 15) is 5.11 Å². The largest absolute Gasteiger partial charge is 0.399 e. The number of nitrogen functional groups attached to an aromatic ring is 2. The topological polar surface area (TPSA) is 84.7 Å².